The molecule has 154 valence electrons. The number of amides is 4. The van der Waals surface area contributed by atoms with Crippen LogP contribution in [0.4, 0.5) is 15.3 Å². The highest BCUT2D eigenvalue weighted by atomic mass is 35.5. The summed E-state index contributed by atoms with van der Waals surface area (Å²) in [5, 5.41) is 12.3. The zero-order valence-electron chi connectivity index (χ0n) is 16.3. The van der Waals surface area contributed by atoms with Crippen molar-refractivity contribution in [1.29, 1.82) is 0 Å². The first-order valence-corrected chi connectivity index (χ1v) is 10.4. The van der Waals surface area contributed by atoms with Crippen molar-refractivity contribution in [2.45, 2.75) is 44.2 Å². The van der Waals surface area contributed by atoms with E-state index in [1.165, 1.54) is 5.56 Å². The molecule has 4 amide bonds. The summed E-state index contributed by atoms with van der Waals surface area (Å²) >= 11 is 5.96. The number of rotatable bonds is 6. The zero-order valence-corrected chi connectivity index (χ0v) is 17.0. The summed E-state index contributed by atoms with van der Waals surface area (Å²) in [6, 6.07) is 16.3. The maximum absolute atomic E-state index is 12.4. The monoisotopic (exact) mass is 414 g/mol. The van der Waals surface area contributed by atoms with Crippen molar-refractivity contribution in [2.24, 2.45) is 0 Å². The molecule has 0 aromatic heterocycles. The van der Waals surface area contributed by atoms with Gasteiger partial charge in [-0.3, -0.25) is 0 Å². The molecule has 0 bridgehead atoms. The first-order chi connectivity index (χ1) is 14.1. The lowest BCUT2D eigenvalue weighted by atomic mass is 9.90. The van der Waals surface area contributed by atoms with Crippen molar-refractivity contribution in [2.75, 3.05) is 11.9 Å². The standard InChI is InChI=1S/C22H27ClN4O2/c23-17-9-6-10-18(15-17)25-22(29)27-20-12-5-4-11-19(20)26-21(28)24-14-13-16-7-2-1-3-8-16/h1-3,6-10,15,19-20H,4-5,11-14H2,(H2,24,26,28)(H2,25,27,29). The van der Waals surface area contributed by atoms with Crippen molar-refractivity contribution in [1.82, 2.24) is 16.0 Å². The van der Waals surface area contributed by atoms with Crippen LogP contribution in [0.15, 0.2) is 54.6 Å². The Morgan fingerprint density at radius 3 is 2.28 bits per heavy atom. The third-order valence-corrected chi connectivity index (χ3v) is 5.26. The Hall–Kier alpha value is -2.73. The van der Waals surface area contributed by atoms with E-state index in [1.54, 1.807) is 24.3 Å². The number of urea groups is 2. The summed E-state index contributed by atoms with van der Waals surface area (Å²) in [6.45, 7) is 0.565. The van der Waals surface area contributed by atoms with Gasteiger partial charge in [0.25, 0.3) is 0 Å². The van der Waals surface area contributed by atoms with Gasteiger partial charge in [0.05, 0.1) is 12.1 Å². The normalized spacial score (nSPS) is 18.5. The molecule has 6 nitrogen and oxygen atoms in total. The summed E-state index contributed by atoms with van der Waals surface area (Å²) in [5.41, 5.74) is 1.82. The first kappa shape index (κ1) is 21.0. The topological polar surface area (TPSA) is 82.3 Å². The van der Waals surface area contributed by atoms with Gasteiger partial charge in [-0.1, -0.05) is 60.8 Å². The fourth-order valence-corrected chi connectivity index (χ4v) is 3.75. The van der Waals surface area contributed by atoms with E-state index >= 15 is 0 Å². The van der Waals surface area contributed by atoms with Crippen molar-refractivity contribution in [3.8, 4) is 0 Å². The summed E-state index contributed by atoms with van der Waals surface area (Å²) in [7, 11) is 0. The fraction of sp³-hybridized carbons (Fsp3) is 0.364. The van der Waals surface area contributed by atoms with Crippen LogP contribution in [-0.4, -0.2) is 30.7 Å². The molecule has 0 aliphatic heterocycles. The molecule has 1 fully saturated rings. The maximum Gasteiger partial charge on any atom is 0.319 e. The van der Waals surface area contributed by atoms with Gasteiger partial charge in [-0.25, -0.2) is 9.59 Å². The number of hydrogen-bond donors (Lipinski definition) is 4. The molecule has 2 aromatic carbocycles. The van der Waals surface area contributed by atoms with Crippen LogP contribution in [0.1, 0.15) is 31.2 Å². The molecule has 2 aromatic rings. The second kappa shape index (κ2) is 10.7. The predicted molar refractivity (Wildman–Crippen MR) is 116 cm³/mol. The molecule has 2 unspecified atom stereocenters. The van der Waals surface area contributed by atoms with Gasteiger partial charge in [0.2, 0.25) is 0 Å². The second-order valence-electron chi connectivity index (χ2n) is 7.24. The molecule has 0 heterocycles. The Labute approximate surface area is 176 Å². The highest BCUT2D eigenvalue weighted by Crippen LogP contribution is 2.19. The third-order valence-electron chi connectivity index (χ3n) is 5.02. The van der Waals surface area contributed by atoms with Crippen LogP contribution in [0.5, 0.6) is 0 Å². The van der Waals surface area contributed by atoms with Crippen molar-refractivity contribution < 1.29 is 9.59 Å². The van der Waals surface area contributed by atoms with Gasteiger partial charge in [0, 0.05) is 17.3 Å². The minimum Gasteiger partial charge on any atom is -0.338 e. The Morgan fingerprint density at radius 2 is 1.59 bits per heavy atom. The van der Waals surface area contributed by atoms with Gasteiger partial charge in [0.1, 0.15) is 0 Å². The lowest BCUT2D eigenvalue weighted by Crippen LogP contribution is -2.55. The molecule has 0 saturated heterocycles. The van der Waals surface area contributed by atoms with E-state index in [9.17, 15) is 9.59 Å². The molecule has 2 atom stereocenters. The summed E-state index contributed by atoms with van der Waals surface area (Å²) in [6.07, 6.45) is 4.51. The van der Waals surface area contributed by atoms with Gasteiger partial charge < -0.3 is 21.3 Å². The zero-order chi connectivity index (χ0) is 20.5. The van der Waals surface area contributed by atoms with Crippen LogP contribution in [0.2, 0.25) is 5.02 Å². The molecule has 0 radical (unpaired) electrons. The maximum atomic E-state index is 12.4. The average Bonchev–Trinajstić information content (AvgIpc) is 2.70. The molecule has 29 heavy (non-hydrogen) atoms. The lowest BCUT2D eigenvalue weighted by molar-refractivity contribution is 0.218. The second-order valence-corrected chi connectivity index (χ2v) is 7.68. The highest BCUT2D eigenvalue weighted by molar-refractivity contribution is 6.30. The van der Waals surface area contributed by atoms with E-state index in [4.69, 9.17) is 11.6 Å². The largest absolute Gasteiger partial charge is 0.338 e. The number of carbonyl (C=O) groups is 2. The van der Waals surface area contributed by atoms with Crippen molar-refractivity contribution in [3.63, 3.8) is 0 Å². The number of halogens is 1. The first-order valence-electron chi connectivity index (χ1n) is 10.0. The molecule has 3 rings (SSSR count). The van der Waals surface area contributed by atoms with Crippen LogP contribution in [0.3, 0.4) is 0 Å². The molecule has 1 saturated carbocycles. The Balaban J connectivity index is 1.45. The summed E-state index contributed by atoms with van der Waals surface area (Å²) < 4.78 is 0. The lowest BCUT2D eigenvalue weighted by Gasteiger charge is -2.32. The van der Waals surface area contributed by atoms with E-state index in [2.05, 4.69) is 21.3 Å². The summed E-state index contributed by atoms with van der Waals surface area (Å²) in [4.78, 5) is 24.7. The van der Waals surface area contributed by atoms with E-state index < -0.39 is 0 Å². The Morgan fingerprint density at radius 1 is 0.897 bits per heavy atom. The van der Waals surface area contributed by atoms with Crippen LogP contribution in [0, 0.1) is 0 Å². The van der Waals surface area contributed by atoms with Gasteiger partial charge in [-0.15, -0.1) is 0 Å². The van der Waals surface area contributed by atoms with E-state index in [0.29, 0.717) is 17.3 Å². The van der Waals surface area contributed by atoms with E-state index in [0.717, 1.165) is 32.1 Å². The minimum absolute atomic E-state index is 0.0920. The smallest absolute Gasteiger partial charge is 0.319 e. The molecule has 0 spiro atoms. The number of nitrogens with one attached hydrogen (secondary N) is 4. The van der Waals surface area contributed by atoms with E-state index in [-0.39, 0.29) is 24.1 Å². The summed E-state index contributed by atoms with van der Waals surface area (Å²) in [5.74, 6) is 0. The quantitative estimate of drug-likeness (QED) is 0.567. The van der Waals surface area contributed by atoms with Crippen LogP contribution in [0.25, 0.3) is 0 Å². The number of benzene rings is 2. The number of carbonyl (C=O) groups excluding carboxylic acids is 2. The Kier molecular flexibility index (Phi) is 7.76. The van der Waals surface area contributed by atoms with Gasteiger partial charge in [-0.05, 0) is 43.0 Å². The minimum atomic E-state index is -0.296. The average molecular weight is 415 g/mol. The Bertz CT molecular complexity index is 815. The number of anilines is 1. The fourth-order valence-electron chi connectivity index (χ4n) is 3.56. The van der Waals surface area contributed by atoms with Crippen LogP contribution < -0.4 is 21.3 Å². The van der Waals surface area contributed by atoms with Crippen molar-refractivity contribution >= 4 is 29.4 Å². The third kappa shape index (κ3) is 6.98. The molecule has 4 N–H and O–H groups in total. The van der Waals surface area contributed by atoms with E-state index in [1.807, 2.05) is 30.3 Å². The van der Waals surface area contributed by atoms with Crippen LogP contribution in [-0.2, 0) is 6.42 Å². The predicted octanol–water partition coefficient (Wildman–Crippen LogP) is 4.31. The SMILES string of the molecule is O=C(NCCc1ccccc1)NC1CCCCC1NC(=O)Nc1cccc(Cl)c1. The molecular weight excluding hydrogens is 388 g/mol. The van der Waals surface area contributed by atoms with Gasteiger partial charge in [0.15, 0.2) is 0 Å². The number of hydrogen-bond acceptors (Lipinski definition) is 2. The van der Waals surface area contributed by atoms with Gasteiger partial charge >= 0.3 is 12.1 Å². The van der Waals surface area contributed by atoms with Crippen molar-refractivity contribution in [3.05, 3.63) is 65.2 Å². The highest BCUT2D eigenvalue weighted by Gasteiger charge is 2.27. The molecular formula is C22H27ClN4O2. The van der Waals surface area contributed by atoms with Crippen LogP contribution >= 0.6 is 11.6 Å². The molecule has 7 heteroatoms. The molecule has 1 aliphatic rings. The van der Waals surface area contributed by atoms with Gasteiger partial charge in [-0.2, -0.15) is 0 Å². The molecule has 1 aliphatic carbocycles.